The predicted molar refractivity (Wildman–Crippen MR) is 71.1 cm³/mol. The van der Waals surface area contributed by atoms with Crippen LogP contribution in [0.1, 0.15) is 5.56 Å². The third kappa shape index (κ3) is 2.73. The van der Waals surface area contributed by atoms with Gasteiger partial charge >= 0.3 is 0 Å². The van der Waals surface area contributed by atoms with Crippen LogP contribution in [-0.4, -0.2) is 14.2 Å². The zero-order valence-electron chi connectivity index (χ0n) is 10.2. The van der Waals surface area contributed by atoms with E-state index in [2.05, 4.69) is 5.32 Å². The van der Waals surface area contributed by atoms with Crippen molar-refractivity contribution >= 4 is 17.0 Å². The Kier molecular flexibility index (Phi) is 4.04. The minimum Gasteiger partial charge on any atom is -0.493 e. The highest BCUT2D eigenvalue weighted by Crippen LogP contribution is 2.32. The Bertz CT molecular complexity index is 514. The number of nitrogens with one attached hydrogen (secondary N) is 1. The van der Waals surface area contributed by atoms with Crippen molar-refractivity contribution in [1.82, 2.24) is 0 Å². The molecular formula is C13H14FNO2S. The molecule has 0 amide bonds. The molecule has 0 bridgehead atoms. The van der Waals surface area contributed by atoms with Crippen molar-refractivity contribution < 1.29 is 13.9 Å². The van der Waals surface area contributed by atoms with Crippen LogP contribution in [0, 0.1) is 5.82 Å². The molecule has 1 heterocycles. The lowest BCUT2D eigenvalue weighted by atomic mass is 10.2. The van der Waals surface area contributed by atoms with Crippen molar-refractivity contribution in [2.45, 2.75) is 6.54 Å². The van der Waals surface area contributed by atoms with Crippen LogP contribution in [0.2, 0.25) is 0 Å². The van der Waals surface area contributed by atoms with Gasteiger partial charge in [0, 0.05) is 18.7 Å². The number of anilines is 1. The van der Waals surface area contributed by atoms with E-state index in [-0.39, 0.29) is 5.82 Å². The van der Waals surface area contributed by atoms with E-state index in [9.17, 15) is 4.39 Å². The molecule has 0 aliphatic carbocycles. The van der Waals surface area contributed by atoms with Crippen molar-refractivity contribution in [2.75, 3.05) is 19.5 Å². The van der Waals surface area contributed by atoms with E-state index in [0.717, 1.165) is 5.56 Å². The molecule has 0 aliphatic rings. The van der Waals surface area contributed by atoms with E-state index in [4.69, 9.17) is 9.47 Å². The lowest BCUT2D eigenvalue weighted by molar-refractivity contribution is 0.352. The van der Waals surface area contributed by atoms with Crippen LogP contribution < -0.4 is 14.8 Å². The second-order valence-electron chi connectivity index (χ2n) is 3.67. The Hall–Kier alpha value is -1.75. The van der Waals surface area contributed by atoms with Gasteiger partial charge in [0.2, 0.25) is 0 Å². The van der Waals surface area contributed by atoms with Gasteiger partial charge < -0.3 is 14.8 Å². The standard InChI is InChI=1S/C13H14FNO2S/c1-16-12-5-10(14)11(6-13(12)17-2)15-7-9-3-4-18-8-9/h3-6,8,15H,7H2,1-2H3. The first-order chi connectivity index (χ1) is 8.74. The number of rotatable bonds is 5. The summed E-state index contributed by atoms with van der Waals surface area (Å²) in [5.74, 6) is 0.533. The maximum atomic E-state index is 13.8. The number of thiophene rings is 1. The molecule has 0 atom stereocenters. The largest absolute Gasteiger partial charge is 0.493 e. The normalized spacial score (nSPS) is 10.2. The molecule has 0 aliphatic heterocycles. The molecule has 0 unspecified atom stereocenters. The zero-order valence-corrected chi connectivity index (χ0v) is 11.0. The fraction of sp³-hybridized carbons (Fsp3) is 0.231. The van der Waals surface area contributed by atoms with Crippen molar-refractivity contribution in [1.29, 1.82) is 0 Å². The van der Waals surface area contributed by atoms with Gasteiger partial charge in [0.25, 0.3) is 0 Å². The van der Waals surface area contributed by atoms with E-state index in [1.807, 2.05) is 16.8 Å². The van der Waals surface area contributed by atoms with Crippen LogP contribution in [0.4, 0.5) is 10.1 Å². The molecule has 0 saturated carbocycles. The summed E-state index contributed by atoms with van der Waals surface area (Å²) in [5.41, 5.74) is 1.52. The van der Waals surface area contributed by atoms with Crippen LogP contribution in [0.3, 0.4) is 0 Å². The summed E-state index contributed by atoms with van der Waals surface area (Å²) in [6.45, 7) is 0.579. The topological polar surface area (TPSA) is 30.5 Å². The molecule has 2 aromatic rings. The van der Waals surface area contributed by atoms with Crippen LogP contribution in [-0.2, 0) is 6.54 Å². The van der Waals surface area contributed by atoms with E-state index in [1.54, 1.807) is 17.4 Å². The van der Waals surface area contributed by atoms with Gasteiger partial charge in [-0.05, 0) is 22.4 Å². The fourth-order valence-electron chi connectivity index (χ4n) is 1.58. The van der Waals surface area contributed by atoms with Gasteiger partial charge in [0.1, 0.15) is 5.82 Å². The van der Waals surface area contributed by atoms with Gasteiger partial charge in [0.15, 0.2) is 11.5 Å². The first-order valence-corrected chi connectivity index (χ1v) is 6.35. The fourth-order valence-corrected chi connectivity index (χ4v) is 2.25. The summed E-state index contributed by atoms with van der Waals surface area (Å²) in [5, 5.41) is 7.05. The molecule has 0 fully saturated rings. The van der Waals surface area contributed by atoms with Crippen LogP contribution >= 0.6 is 11.3 Å². The first kappa shape index (κ1) is 12.7. The lowest BCUT2D eigenvalue weighted by Gasteiger charge is -2.12. The number of hydrogen-bond acceptors (Lipinski definition) is 4. The Labute approximate surface area is 109 Å². The highest BCUT2D eigenvalue weighted by molar-refractivity contribution is 7.07. The summed E-state index contributed by atoms with van der Waals surface area (Å²) < 4.78 is 24.0. The van der Waals surface area contributed by atoms with Crippen LogP contribution in [0.15, 0.2) is 29.0 Å². The Morgan fingerprint density at radius 1 is 1.22 bits per heavy atom. The predicted octanol–water partition coefficient (Wildman–Crippen LogP) is 3.52. The maximum Gasteiger partial charge on any atom is 0.163 e. The second-order valence-corrected chi connectivity index (χ2v) is 4.45. The molecule has 0 spiro atoms. The summed E-state index contributed by atoms with van der Waals surface area (Å²) in [4.78, 5) is 0. The third-order valence-electron chi connectivity index (χ3n) is 2.54. The summed E-state index contributed by atoms with van der Waals surface area (Å²) >= 11 is 1.61. The number of ether oxygens (including phenoxy) is 2. The smallest absolute Gasteiger partial charge is 0.163 e. The van der Waals surface area contributed by atoms with Gasteiger partial charge in [-0.15, -0.1) is 0 Å². The minimum atomic E-state index is -0.358. The number of methoxy groups -OCH3 is 2. The SMILES string of the molecule is COc1cc(F)c(NCc2ccsc2)cc1OC. The minimum absolute atomic E-state index is 0.358. The molecule has 18 heavy (non-hydrogen) atoms. The van der Waals surface area contributed by atoms with Crippen molar-refractivity contribution in [2.24, 2.45) is 0 Å². The van der Waals surface area contributed by atoms with E-state index < -0.39 is 0 Å². The molecular weight excluding hydrogens is 253 g/mol. The molecule has 3 nitrogen and oxygen atoms in total. The van der Waals surface area contributed by atoms with Gasteiger partial charge in [-0.2, -0.15) is 11.3 Å². The third-order valence-corrected chi connectivity index (χ3v) is 3.27. The molecule has 0 saturated heterocycles. The molecule has 2 rings (SSSR count). The second kappa shape index (κ2) is 5.73. The summed E-state index contributed by atoms with van der Waals surface area (Å²) in [7, 11) is 3.01. The van der Waals surface area contributed by atoms with Gasteiger partial charge in [0.05, 0.1) is 19.9 Å². The van der Waals surface area contributed by atoms with Crippen LogP contribution in [0.25, 0.3) is 0 Å². The molecule has 1 aromatic heterocycles. The van der Waals surface area contributed by atoms with Gasteiger partial charge in [-0.3, -0.25) is 0 Å². The Morgan fingerprint density at radius 2 is 1.94 bits per heavy atom. The van der Waals surface area contributed by atoms with Crippen molar-refractivity contribution in [3.05, 3.63) is 40.3 Å². The lowest BCUT2D eigenvalue weighted by Crippen LogP contribution is -2.02. The highest BCUT2D eigenvalue weighted by atomic mass is 32.1. The van der Waals surface area contributed by atoms with Gasteiger partial charge in [-0.1, -0.05) is 0 Å². The Morgan fingerprint density at radius 3 is 2.56 bits per heavy atom. The quantitative estimate of drug-likeness (QED) is 0.899. The number of halogens is 1. The van der Waals surface area contributed by atoms with E-state index in [0.29, 0.717) is 23.7 Å². The van der Waals surface area contributed by atoms with Crippen LogP contribution in [0.5, 0.6) is 11.5 Å². The van der Waals surface area contributed by atoms with Gasteiger partial charge in [-0.25, -0.2) is 4.39 Å². The van der Waals surface area contributed by atoms with Crippen molar-refractivity contribution in [3.8, 4) is 11.5 Å². The highest BCUT2D eigenvalue weighted by Gasteiger charge is 2.10. The molecule has 0 radical (unpaired) electrons. The summed E-state index contributed by atoms with van der Waals surface area (Å²) in [6, 6.07) is 4.91. The zero-order chi connectivity index (χ0) is 13.0. The maximum absolute atomic E-state index is 13.8. The average Bonchev–Trinajstić information content (AvgIpc) is 2.90. The molecule has 5 heteroatoms. The molecule has 1 N–H and O–H groups in total. The number of hydrogen-bond donors (Lipinski definition) is 1. The first-order valence-electron chi connectivity index (χ1n) is 5.41. The monoisotopic (exact) mass is 267 g/mol. The molecule has 1 aromatic carbocycles. The Balaban J connectivity index is 2.17. The van der Waals surface area contributed by atoms with Crippen molar-refractivity contribution in [3.63, 3.8) is 0 Å². The summed E-state index contributed by atoms with van der Waals surface area (Å²) in [6.07, 6.45) is 0. The number of benzene rings is 1. The average molecular weight is 267 g/mol. The molecule has 96 valence electrons. The van der Waals surface area contributed by atoms with E-state index in [1.165, 1.54) is 20.3 Å². The van der Waals surface area contributed by atoms with E-state index >= 15 is 0 Å².